The molecule has 2 fully saturated rings. The molecule has 2 saturated heterocycles. The van der Waals surface area contributed by atoms with Crippen molar-refractivity contribution in [3.05, 3.63) is 52.9 Å². The first-order valence-electron chi connectivity index (χ1n) is 12.8. The van der Waals surface area contributed by atoms with Gasteiger partial charge in [0.15, 0.2) is 16.8 Å². The number of benzene rings is 1. The second kappa shape index (κ2) is 9.67. The van der Waals surface area contributed by atoms with Crippen molar-refractivity contribution >= 4 is 40.4 Å². The highest BCUT2D eigenvalue weighted by Crippen LogP contribution is 2.40. The molecule has 0 N–H and O–H groups in total. The average Bonchev–Trinajstić information content (AvgIpc) is 3.22. The molecule has 0 unspecified atom stereocenters. The van der Waals surface area contributed by atoms with E-state index in [0.717, 1.165) is 29.1 Å². The molecule has 2 amide bonds. The Bertz CT molecular complexity index is 1420. The van der Waals surface area contributed by atoms with Gasteiger partial charge in [-0.05, 0) is 30.5 Å². The molecule has 0 aliphatic carbocycles. The van der Waals surface area contributed by atoms with Gasteiger partial charge in [-0.3, -0.25) is 9.59 Å². The van der Waals surface area contributed by atoms with E-state index in [0.29, 0.717) is 36.1 Å². The van der Waals surface area contributed by atoms with Crippen molar-refractivity contribution in [1.29, 1.82) is 0 Å². The van der Waals surface area contributed by atoms with E-state index >= 15 is 0 Å². The van der Waals surface area contributed by atoms with Gasteiger partial charge in [0.05, 0.1) is 30.1 Å². The molecule has 0 bridgehead atoms. The van der Waals surface area contributed by atoms with E-state index in [9.17, 15) is 22.8 Å². The standard InChI is InChI=1S/C26H26ClF3N6O3/c1-33(24(37)16-13-34(14-16)25(38)20-8-10-39-20)23(26(28,29)30)15-4-6-17(7-5-15)35-9-2-3-18-19(35)12-31-22-11-21(27)32-36(18)22/h4-7,11-12,16,20,23H,2-3,8-10,13-14H2,1H3/t20-,23-/m0/s1. The van der Waals surface area contributed by atoms with Crippen molar-refractivity contribution in [3.63, 3.8) is 0 Å². The summed E-state index contributed by atoms with van der Waals surface area (Å²) in [5.41, 5.74) is 3.05. The van der Waals surface area contributed by atoms with Gasteiger partial charge in [-0.2, -0.15) is 18.3 Å². The first-order chi connectivity index (χ1) is 18.6. The molecule has 13 heteroatoms. The molecule has 0 saturated carbocycles. The minimum Gasteiger partial charge on any atom is -0.368 e. The lowest BCUT2D eigenvalue weighted by molar-refractivity contribution is -0.193. The molecule has 39 heavy (non-hydrogen) atoms. The van der Waals surface area contributed by atoms with E-state index in [1.54, 1.807) is 28.9 Å². The third-order valence-electron chi connectivity index (χ3n) is 7.70. The zero-order valence-corrected chi connectivity index (χ0v) is 21.8. The van der Waals surface area contributed by atoms with Crippen LogP contribution in [0.15, 0.2) is 36.5 Å². The highest BCUT2D eigenvalue weighted by atomic mass is 35.5. The summed E-state index contributed by atoms with van der Waals surface area (Å²) in [7, 11) is 1.17. The Morgan fingerprint density at radius 1 is 1.21 bits per heavy atom. The molecular formula is C26H26ClF3N6O3. The number of likely N-dealkylation sites (tertiary alicyclic amines) is 1. The Balaban J connectivity index is 1.20. The van der Waals surface area contributed by atoms with Gasteiger partial charge in [0.1, 0.15) is 6.10 Å². The fourth-order valence-corrected chi connectivity index (χ4v) is 5.70. The number of rotatable bonds is 5. The van der Waals surface area contributed by atoms with Crippen LogP contribution in [0.2, 0.25) is 5.15 Å². The van der Waals surface area contributed by atoms with E-state index < -0.39 is 30.1 Å². The largest absolute Gasteiger partial charge is 0.413 e. The first-order valence-corrected chi connectivity index (χ1v) is 13.1. The molecule has 5 heterocycles. The van der Waals surface area contributed by atoms with Crippen LogP contribution in [0.1, 0.15) is 30.1 Å². The number of hydrogen-bond donors (Lipinski definition) is 0. The predicted octanol–water partition coefficient (Wildman–Crippen LogP) is 3.78. The topological polar surface area (TPSA) is 83.3 Å². The van der Waals surface area contributed by atoms with Crippen LogP contribution < -0.4 is 4.90 Å². The molecule has 9 nitrogen and oxygen atoms in total. The molecule has 2 atom stereocenters. The third-order valence-corrected chi connectivity index (χ3v) is 7.88. The predicted molar refractivity (Wildman–Crippen MR) is 136 cm³/mol. The van der Waals surface area contributed by atoms with Gasteiger partial charge in [0, 0.05) is 44.9 Å². The Hall–Kier alpha value is -3.38. The summed E-state index contributed by atoms with van der Waals surface area (Å²) in [4.78, 5) is 33.9. The SMILES string of the molecule is CN(C(=O)C1CN(C(=O)[C@@H]2CCO2)C1)[C@@H](c1ccc(N2CCCc3c2cnc2cc(Cl)nn32)cc1)C(F)(F)F. The molecule has 1 aromatic carbocycles. The van der Waals surface area contributed by atoms with Gasteiger partial charge in [-0.15, -0.1) is 0 Å². The molecule has 3 aliphatic heterocycles. The van der Waals surface area contributed by atoms with Crippen LogP contribution in [-0.2, 0) is 20.7 Å². The fourth-order valence-electron chi connectivity index (χ4n) is 5.53. The van der Waals surface area contributed by atoms with Crippen LogP contribution in [-0.4, -0.2) is 81.8 Å². The van der Waals surface area contributed by atoms with Gasteiger partial charge in [0.25, 0.3) is 5.91 Å². The lowest BCUT2D eigenvalue weighted by Crippen LogP contribution is -2.60. The third kappa shape index (κ3) is 4.59. The molecule has 206 valence electrons. The van der Waals surface area contributed by atoms with Crippen molar-refractivity contribution in [2.45, 2.75) is 37.6 Å². The minimum absolute atomic E-state index is 0.0399. The van der Waals surface area contributed by atoms with E-state index in [1.807, 2.05) is 4.90 Å². The smallest absolute Gasteiger partial charge is 0.368 e. The lowest BCUT2D eigenvalue weighted by atomic mass is 9.95. The highest BCUT2D eigenvalue weighted by molar-refractivity contribution is 6.29. The maximum atomic E-state index is 14.3. The number of alkyl halides is 3. The second-order valence-electron chi connectivity index (χ2n) is 10.2. The van der Waals surface area contributed by atoms with Gasteiger partial charge < -0.3 is 19.4 Å². The van der Waals surface area contributed by atoms with Crippen molar-refractivity contribution in [2.24, 2.45) is 5.92 Å². The van der Waals surface area contributed by atoms with Crippen LogP contribution in [0.4, 0.5) is 24.5 Å². The van der Waals surface area contributed by atoms with E-state index in [4.69, 9.17) is 16.3 Å². The van der Waals surface area contributed by atoms with E-state index in [2.05, 4.69) is 10.1 Å². The van der Waals surface area contributed by atoms with Gasteiger partial charge in [-0.25, -0.2) is 9.50 Å². The van der Waals surface area contributed by atoms with Crippen LogP contribution in [0.5, 0.6) is 0 Å². The normalized spacial score (nSPS) is 20.3. The summed E-state index contributed by atoms with van der Waals surface area (Å²) in [5.74, 6) is -1.52. The van der Waals surface area contributed by atoms with Crippen molar-refractivity contribution < 1.29 is 27.5 Å². The summed E-state index contributed by atoms with van der Waals surface area (Å²) in [5, 5.41) is 4.65. The molecule has 0 radical (unpaired) electrons. The fraction of sp³-hybridized carbons (Fsp3) is 0.462. The zero-order valence-electron chi connectivity index (χ0n) is 21.1. The summed E-state index contributed by atoms with van der Waals surface area (Å²) < 4.78 is 49.6. The molecule has 0 spiro atoms. The number of amides is 2. The Labute approximate surface area is 227 Å². The highest BCUT2D eigenvalue weighted by Gasteiger charge is 2.48. The number of nitrogens with zero attached hydrogens (tertiary/aromatic N) is 6. The summed E-state index contributed by atoms with van der Waals surface area (Å²) in [6, 6.07) is 5.64. The molecule has 2 aromatic heterocycles. The van der Waals surface area contributed by atoms with E-state index in [-0.39, 0.29) is 24.6 Å². The number of aryl methyl sites for hydroxylation is 1. The number of aromatic nitrogens is 3. The lowest BCUT2D eigenvalue weighted by Gasteiger charge is -2.43. The van der Waals surface area contributed by atoms with Crippen molar-refractivity contribution in [2.75, 3.05) is 38.2 Å². The second-order valence-corrected chi connectivity index (χ2v) is 10.5. The van der Waals surface area contributed by atoms with Gasteiger partial charge in [-0.1, -0.05) is 23.7 Å². The number of anilines is 2. The number of carbonyl (C=O) groups is 2. The first kappa shape index (κ1) is 25.9. The van der Waals surface area contributed by atoms with Crippen LogP contribution in [0.25, 0.3) is 5.65 Å². The maximum absolute atomic E-state index is 14.3. The van der Waals surface area contributed by atoms with Crippen LogP contribution in [0, 0.1) is 5.92 Å². The number of fused-ring (bicyclic) bond motifs is 3. The minimum atomic E-state index is -4.68. The number of carbonyl (C=O) groups excluding carboxylic acids is 2. The number of hydrogen-bond acceptors (Lipinski definition) is 6. The average molecular weight is 563 g/mol. The quantitative estimate of drug-likeness (QED) is 0.471. The van der Waals surface area contributed by atoms with E-state index in [1.165, 1.54) is 24.1 Å². The summed E-state index contributed by atoms with van der Waals surface area (Å²) >= 11 is 6.06. The molecule has 6 rings (SSSR count). The monoisotopic (exact) mass is 562 g/mol. The van der Waals surface area contributed by atoms with Crippen LogP contribution >= 0.6 is 11.6 Å². The number of ether oxygens (including phenoxy) is 1. The van der Waals surface area contributed by atoms with Crippen molar-refractivity contribution in [3.8, 4) is 0 Å². The maximum Gasteiger partial charge on any atom is 0.413 e. The summed E-state index contributed by atoms with van der Waals surface area (Å²) in [6.45, 7) is 1.38. The molecular weight excluding hydrogens is 537 g/mol. The molecule has 3 aliphatic rings. The molecule has 3 aromatic rings. The van der Waals surface area contributed by atoms with Crippen molar-refractivity contribution in [1.82, 2.24) is 24.4 Å². The zero-order chi connectivity index (χ0) is 27.5. The Morgan fingerprint density at radius 2 is 1.92 bits per heavy atom. The Kier molecular flexibility index (Phi) is 6.41. The van der Waals surface area contributed by atoms with Crippen LogP contribution in [0.3, 0.4) is 0 Å². The number of halogens is 4. The van der Waals surface area contributed by atoms with Gasteiger partial charge in [0.2, 0.25) is 5.91 Å². The van der Waals surface area contributed by atoms with Gasteiger partial charge >= 0.3 is 6.18 Å². The summed E-state index contributed by atoms with van der Waals surface area (Å²) in [6.07, 6.45) is -1.24. The Morgan fingerprint density at radius 3 is 2.56 bits per heavy atom.